The SMILES string of the molecule is O=C(Nc1ccc(Br)cc1)[C@@H]1Sc2nnc(COc3ccccc3)n2N[C@@H]1c1ccc(F)cc1. The molecule has 2 atom stereocenters. The van der Waals surface area contributed by atoms with Gasteiger partial charge in [0.15, 0.2) is 5.82 Å². The van der Waals surface area contributed by atoms with Crippen molar-refractivity contribution in [1.82, 2.24) is 14.9 Å². The van der Waals surface area contributed by atoms with Crippen molar-refractivity contribution >= 4 is 39.3 Å². The van der Waals surface area contributed by atoms with E-state index in [-0.39, 0.29) is 18.3 Å². The van der Waals surface area contributed by atoms with Crippen LogP contribution in [0.1, 0.15) is 17.4 Å². The summed E-state index contributed by atoms with van der Waals surface area (Å²) in [5.74, 6) is 0.728. The first kappa shape index (κ1) is 22.4. The van der Waals surface area contributed by atoms with Crippen LogP contribution >= 0.6 is 27.7 Å². The molecule has 1 aliphatic rings. The van der Waals surface area contributed by atoms with Gasteiger partial charge in [-0.2, -0.15) is 0 Å². The van der Waals surface area contributed by atoms with E-state index in [0.717, 1.165) is 10.0 Å². The predicted octanol–water partition coefficient (Wildman–Crippen LogP) is 5.16. The highest BCUT2D eigenvalue weighted by Gasteiger charge is 2.38. The zero-order chi connectivity index (χ0) is 23.5. The fourth-order valence-corrected chi connectivity index (χ4v) is 4.89. The van der Waals surface area contributed by atoms with Gasteiger partial charge >= 0.3 is 0 Å². The van der Waals surface area contributed by atoms with Gasteiger partial charge < -0.3 is 15.5 Å². The molecule has 0 saturated carbocycles. The van der Waals surface area contributed by atoms with E-state index in [9.17, 15) is 9.18 Å². The topological polar surface area (TPSA) is 81.1 Å². The smallest absolute Gasteiger partial charge is 0.240 e. The lowest BCUT2D eigenvalue weighted by Gasteiger charge is -2.33. The number of thioether (sulfide) groups is 1. The average molecular weight is 540 g/mol. The van der Waals surface area contributed by atoms with Crippen molar-refractivity contribution in [2.45, 2.75) is 23.1 Å². The normalized spacial score (nSPS) is 16.9. The summed E-state index contributed by atoms with van der Waals surface area (Å²) in [5, 5.41) is 11.4. The number of ether oxygens (including phenoxy) is 1. The molecule has 0 bridgehead atoms. The Hall–Kier alpha value is -3.37. The molecule has 10 heteroatoms. The fourth-order valence-electron chi connectivity index (χ4n) is 3.52. The monoisotopic (exact) mass is 539 g/mol. The summed E-state index contributed by atoms with van der Waals surface area (Å²) in [6.07, 6.45) is 0. The summed E-state index contributed by atoms with van der Waals surface area (Å²) in [6.45, 7) is 0.191. The van der Waals surface area contributed by atoms with Crippen LogP contribution in [-0.2, 0) is 11.4 Å². The van der Waals surface area contributed by atoms with Gasteiger partial charge in [0.1, 0.15) is 23.4 Å². The molecule has 2 heterocycles. The van der Waals surface area contributed by atoms with Crippen LogP contribution in [0, 0.1) is 5.82 Å². The Balaban J connectivity index is 1.41. The van der Waals surface area contributed by atoms with Crippen molar-refractivity contribution < 1.29 is 13.9 Å². The van der Waals surface area contributed by atoms with Gasteiger partial charge in [-0.3, -0.25) is 4.79 Å². The van der Waals surface area contributed by atoms with Gasteiger partial charge in [-0.25, -0.2) is 9.07 Å². The molecule has 2 N–H and O–H groups in total. The molecule has 0 radical (unpaired) electrons. The lowest BCUT2D eigenvalue weighted by molar-refractivity contribution is -0.116. The minimum absolute atomic E-state index is 0.191. The Kier molecular flexibility index (Phi) is 6.50. The molecule has 0 aliphatic carbocycles. The first-order chi connectivity index (χ1) is 16.6. The van der Waals surface area contributed by atoms with Crippen LogP contribution in [0.5, 0.6) is 5.75 Å². The van der Waals surface area contributed by atoms with Gasteiger partial charge in [0.05, 0.1) is 6.04 Å². The number of halogens is 2. The maximum atomic E-state index is 13.6. The van der Waals surface area contributed by atoms with Crippen LogP contribution in [0.25, 0.3) is 0 Å². The summed E-state index contributed by atoms with van der Waals surface area (Å²) in [7, 11) is 0. The predicted molar refractivity (Wildman–Crippen MR) is 132 cm³/mol. The molecular weight excluding hydrogens is 521 g/mol. The standard InChI is InChI=1S/C24H19BrFN5O2S/c25-16-8-12-18(13-9-16)27-23(32)22-21(15-6-10-17(26)11-7-15)30-31-20(28-29-24(31)34-22)14-33-19-4-2-1-3-5-19/h1-13,21-22,30H,14H2,(H,27,32)/t21-,22-/m1/s1. The molecule has 3 aromatic carbocycles. The van der Waals surface area contributed by atoms with Crippen molar-refractivity contribution in [3.8, 4) is 5.75 Å². The van der Waals surface area contributed by atoms with Crippen LogP contribution in [0.3, 0.4) is 0 Å². The van der Waals surface area contributed by atoms with Gasteiger partial charge in [0.2, 0.25) is 11.1 Å². The fraction of sp³-hybridized carbons (Fsp3) is 0.125. The second-order valence-corrected chi connectivity index (χ2v) is 9.55. The maximum Gasteiger partial charge on any atom is 0.240 e. The van der Waals surface area contributed by atoms with E-state index in [1.807, 2.05) is 54.6 Å². The number of carbonyl (C=O) groups is 1. The molecule has 172 valence electrons. The third-order valence-corrected chi connectivity index (χ3v) is 6.96. The van der Waals surface area contributed by atoms with Gasteiger partial charge in [0, 0.05) is 10.2 Å². The molecule has 0 fully saturated rings. The number of hydrogen-bond donors (Lipinski definition) is 2. The van der Waals surface area contributed by atoms with Crippen LogP contribution in [-0.4, -0.2) is 26.0 Å². The molecule has 4 aromatic rings. The second-order valence-electron chi connectivity index (χ2n) is 7.53. The van der Waals surface area contributed by atoms with E-state index in [0.29, 0.717) is 22.4 Å². The van der Waals surface area contributed by atoms with Crippen molar-refractivity contribution in [3.05, 3.63) is 101 Å². The van der Waals surface area contributed by atoms with Crippen molar-refractivity contribution in [1.29, 1.82) is 0 Å². The zero-order valence-corrected chi connectivity index (χ0v) is 20.1. The summed E-state index contributed by atoms with van der Waals surface area (Å²) >= 11 is 4.69. The zero-order valence-electron chi connectivity index (χ0n) is 17.7. The largest absolute Gasteiger partial charge is 0.486 e. The van der Waals surface area contributed by atoms with Gasteiger partial charge in [-0.1, -0.05) is 58.0 Å². The van der Waals surface area contributed by atoms with E-state index >= 15 is 0 Å². The molecule has 5 rings (SSSR count). The molecule has 1 amide bonds. The molecule has 0 saturated heterocycles. The summed E-state index contributed by atoms with van der Waals surface area (Å²) in [6, 6.07) is 22.4. The minimum Gasteiger partial charge on any atom is -0.486 e. The summed E-state index contributed by atoms with van der Waals surface area (Å²) in [4.78, 5) is 13.3. The first-order valence-electron chi connectivity index (χ1n) is 10.4. The molecule has 7 nitrogen and oxygen atoms in total. The Morgan fingerprint density at radius 3 is 2.53 bits per heavy atom. The number of amides is 1. The lowest BCUT2D eigenvalue weighted by atomic mass is 10.0. The van der Waals surface area contributed by atoms with Gasteiger partial charge in [0.25, 0.3) is 0 Å². The number of hydrogen-bond acceptors (Lipinski definition) is 6. The quantitative estimate of drug-likeness (QED) is 0.352. The highest BCUT2D eigenvalue weighted by atomic mass is 79.9. The first-order valence-corrected chi connectivity index (χ1v) is 12.1. The third-order valence-electron chi connectivity index (χ3n) is 5.21. The Labute approximate surface area is 207 Å². The summed E-state index contributed by atoms with van der Waals surface area (Å²) in [5.41, 5.74) is 4.78. The van der Waals surface area contributed by atoms with E-state index in [1.54, 1.807) is 16.8 Å². The number of nitrogens with one attached hydrogen (secondary N) is 2. The molecule has 0 unspecified atom stereocenters. The number of aromatic nitrogens is 3. The molecular formula is C24H19BrFN5O2S. The number of rotatable bonds is 6. The molecule has 34 heavy (non-hydrogen) atoms. The lowest BCUT2D eigenvalue weighted by Crippen LogP contribution is -2.41. The summed E-state index contributed by atoms with van der Waals surface area (Å²) < 4.78 is 22.1. The van der Waals surface area contributed by atoms with E-state index in [1.165, 1.54) is 23.9 Å². The van der Waals surface area contributed by atoms with Crippen molar-refractivity contribution in [2.75, 3.05) is 10.7 Å². The van der Waals surface area contributed by atoms with Crippen molar-refractivity contribution in [3.63, 3.8) is 0 Å². The number of carbonyl (C=O) groups excluding carboxylic acids is 1. The number of benzene rings is 3. The minimum atomic E-state index is -0.575. The Morgan fingerprint density at radius 2 is 1.79 bits per heavy atom. The number of anilines is 1. The van der Waals surface area contributed by atoms with E-state index in [4.69, 9.17) is 4.74 Å². The highest BCUT2D eigenvalue weighted by molar-refractivity contribution is 9.10. The third kappa shape index (κ3) is 4.92. The van der Waals surface area contributed by atoms with Gasteiger partial charge in [-0.15, -0.1) is 10.2 Å². The van der Waals surface area contributed by atoms with Gasteiger partial charge in [-0.05, 0) is 54.1 Å². The molecule has 0 spiro atoms. The Morgan fingerprint density at radius 1 is 1.06 bits per heavy atom. The number of fused-ring (bicyclic) bond motifs is 1. The van der Waals surface area contributed by atoms with Crippen molar-refractivity contribution in [2.24, 2.45) is 0 Å². The highest BCUT2D eigenvalue weighted by Crippen LogP contribution is 2.37. The second kappa shape index (κ2) is 9.86. The number of nitrogens with zero attached hydrogens (tertiary/aromatic N) is 3. The van der Waals surface area contributed by atoms with Crippen LogP contribution in [0.4, 0.5) is 10.1 Å². The maximum absolute atomic E-state index is 13.6. The molecule has 1 aliphatic heterocycles. The molecule has 1 aromatic heterocycles. The number of para-hydroxylation sites is 1. The van der Waals surface area contributed by atoms with E-state index < -0.39 is 11.3 Å². The Bertz CT molecular complexity index is 1290. The van der Waals surface area contributed by atoms with E-state index in [2.05, 4.69) is 36.9 Å². The van der Waals surface area contributed by atoms with Crippen LogP contribution in [0.2, 0.25) is 0 Å². The van der Waals surface area contributed by atoms with Crippen LogP contribution < -0.4 is 15.5 Å². The van der Waals surface area contributed by atoms with Crippen LogP contribution in [0.15, 0.2) is 88.5 Å². The average Bonchev–Trinajstić information content (AvgIpc) is 3.26.